The highest BCUT2D eigenvalue weighted by Crippen LogP contribution is 2.23. The number of piperidine rings is 1. The molecule has 0 bridgehead atoms. The summed E-state index contributed by atoms with van der Waals surface area (Å²) in [5, 5.41) is 10.7. The van der Waals surface area contributed by atoms with E-state index in [2.05, 4.69) is 20.7 Å². The number of anilines is 1. The summed E-state index contributed by atoms with van der Waals surface area (Å²) in [6, 6.07) is 14.7. The first kappa shape index (κ1) is 17.2. The lowest BCUT2D eigenvalue weighted by atomic mass is 10.1. The second-order valence-corrected chi connectivity index (χ2v) is 6.43. The Morgan fingerprint density at radius 1 is 1.22 bits per heavy atom. The summed E-state index contributed by atoms with van der Waals surface area (Å²) in [4.78, 5) is 16.7. The maximum atomic E-state index is 12.5. The molecule has 2 N–H and O–H groups in total. The van der Waals surface area contributed by atoms with Crippen LogP contribution in [0, 0.1) is 0 Å². The van der Waals surface area contributed by atoms with Crippen LogP contribution in [0.4, 0.5) is 5.69 Å². The quantitative estimate of drug-likeness (QED) is 0.727. The van der Waals surface area contributed by atoms with Gasteiger partial charge in [-0.2, -0.15) is 5.10 Å². The Balaban J connectivity index is 1.42. The molecule has 1 amide bonds. The van der Waals surface area contributed by atoms with Gasteiger partial charge in [0.2, 0.25) is 5.88 Å². The van der Waals surface area contributed by atoms with E-state index >= 15 is 0 Å². The lowest BCUT2D eigenvalue weighted by Gasteiger charge is -2.22. The van der Waals surface area contributed by atoms with Crippen molar-refractivity contribution in [3.8, 4) is 11.6 Å². The summed E-state index contributed by atoms with van der Waals surface area (Å²) in [6.07, 6.45) is 5.73. The summed E-state index contributed by atoms with van der Waals surface area (Å²) in [5.74, 6) is 0.860. The minimum absolute atomic E-state index is 0.243. The first-order chi connectivity index (χ1) is 13.3. The van der Waals surface area contributed by atoms with Crippen molar-refractivity contribution in [2.75, 3.05) is 18.4 Å². The molecule has 1 atom stereocenters. The monoisotopic (exact) mass is 363 g/mol. The molecule has 1 aliphatic rings. The highest BCUT2D eigenvalue weighted by atomic mass is 16.5. The van der Waals surface area contributed by atoms with Gasteiger partial charge in [-0.3, -0.25) is 9.48 Å². The number of carbonyl (C=O) groups excluding carboxylic acids is 1. The molecule has 0 aliphatic carbocycles. The van der Waals surface area contributed by atoms with Crippen molar-refractivity contribution >= 4 is 11.6 Å². The van der Waals surface area contributed by atoms with Crippen molar-refractivity contribution in [1.82, 2.24) is 20.1 Å². The molecule has 138 valence electrons. The van der Waals surface area contributed by atoms with Gasteiger partial charge in [-0.05, 0) is 43.7 Å². The first-order valence-corrected chi connectivity index (χ1v) is 9.04. The summed E-state index contributed by atoms with van der Waals surface area (Å²) in [5.41, 5.74) is 1.04. The van der Waals surface area contributed by atoms with E-state index in [1.165, 1.54) is 0 Å². The number of carbonyl (C=O) groups is 1. The van der Waals surface area contributed by atoms with E-state index < -0.39 is 0 Å². The Kier molecular flexibility index (Phi) is 5.11. The van der Waals surface area contributed by atoms with Crippen molar-refractivity contribution in [2.24, 2.45) is 0 Å². The van der Waals surface area contributed by atoms with E-state index in [-0.39, 0.29) is 5.91 Å². The average Bonchev–Trinajstić information content (AvgIpc) is 3.20. The fourth-order valence-electron chi connectivity index (χ4n) is 3.08. The molecule has 0 saturated carbocycles. The Labute approximate surface area is 157 Å². The zero-order valence-electron chi connectivity index (χ0n) is 14.8. The predicted molar refractivity (Wildman–Crippen MR) is 102 cm³/mol. The van der Waals surface area contributed by atoms with E-state index in [4.69, 9.17) is 4.74 Å². The molecule has 1 fully saturated rings. The largest absolute Gasteiger partial charge is 0.439 e. The maximum Gasteiger partial charge on any atom is 0.276 e. The van der Waals surface area contributed by atoms with Gasteiger partial charge in [0.25, 0.3) is 5.91 Å². The number of aromatic nitrogens is 3. The molecular weight excluding hydrogens is 342 g/mol. The Bertz CT molecular complexity index is 904. The van der Waals surface area contributed by atoms with Gasteiger partial charge in [0.15, 0.2) is 5.69 Å². The van der Waals surface area contributed by atoms with E-state index in [9.17, 15) is 4.79 Å². The van der Waals surface area contributed by atoms with Gasteiger partial charge < -0.3 is 15.4 Å². The Morgan fingerprint density at radius 3 is 3.00 bits per heavy atom. The van der Waals surface area contributed by atoms with Crippen LogP contribution in [0.1, 0.15) is 29.4 Å². The van der Waals surface area contributed by atoms with Crippen molar-refractivity contribution < 1.29 is 9.53 Å². The molecule has 3 heterocycles. The molecule has 1 aliphatic heterocycles. The van der Waals surface area contributed by atoms with Crippen LogP contribution in [-0.4, -0.2) is 33.8 Å². The van der Waals surface area contributed by atoms with Gasteiger partial charge in [0, 0.05) is 36.8 Å². The smallest absolute Gasteiger partial charge is 0.276 e. The van der Waals surface area contributed by atoms with Gasteiger partial charge in [0.05, 0.1) is 6.04 Å². The van der Waals surface area contributed by atoms with Crippen LogP contribution in [0.25, 0.3) is 0 Å². The zero-order chi connectivity index (χ0) is 18.5. The van der Waals surface area contributed by atoms with E-state index in [1.807, 2.05) is 41.2 Å². The van der Waals surface area contributed by atoms with Gasteiger partial charge in [-0.15, -0.1) is 0 Å². The molecule has 27 heavy (non-hydrogen) atoms. The summed E-state index contributed by atoms with van der Waals surface area (Å²) in [6.45, 7) is 1.93. The second kappa shape index (κ2) is 8.01. The number of rotatable bonds is 5. The van der Waals surface area contributed by atoms with Gasteiger partial charge in [0.1, 0.15) is 5.75 Å². The average molecular weight is 363 g/mol. The minimum atomic E-state index is -0.243. The highest BCUT2D eigenvalue weighted by Gasteiger charge is 2.17. The lowest BCUT2D eigenvalue weighted by Crippen LogP contribution is -2.32. The maximum absolute atomic E-state index is 12.5. The number of nitrogens with one attached hydrogen (secondary N) is 2. The van der Waals surface area contributed by atoms with Gasteiger partial charge >= 0.3 is 0 Å². The summed E-state index contributed by atoms with van der Waals surface area (Å²) < 4.78 is 7.58. The molecule has 4 rings (SSSR count). The lowest BCUT2D eigenvalue weighted by molar-refractivity contribution is 0.102. The van der Waals surface area contributed by atoms with Crippen LogP contribution in [0.2, 0.25) is 0 Å². The molecule has 3 aromatic rings. The molecule has 2 aromatic heterocycles. The van der Waals surface area contributed by atoms with Crippen LogP contribution in [-0.2, 0) is 0 Å². The number of amides is 1. The topological polar surface area (TPSA) is 81.1 Å². The molecule has 1 unspecified atom stereocenters. The predicted octanol–water partition coefficient (Wildman–Crippen LogP) is 3.25. The third kappa shape index (κ3) is 4.32. The van der Waals surface area contributed by atoms with Crippen molar-refractivity contribution in [3.05, 3.63) is 66.6 Å². The molecule has 1 saturated heterocycles. The van der Waals surface area contributed by atoms with Crippen molar-refractivity contribution in [1.29, 1.82) is 0 Å². The number of nitrogens with zero attached hydrogens (tertiary/aromatic N) is 3. The van der Waals surface area contributed by atoms with Crippen LogP contribution < -0.4 is 15.4 Å². The zero-order valence-corrected chi connectivity index (χ0v) is 14.8. The number of hydrogen-bond acceptors (Lipinski definition) is 5. The van der Waals surface area contributed by atoms with E-state index in [0.29, 0.717) is 29.1 Å². The molecule has 0 radical (unpaired) electrons. The third-order valence-corrected chi connectivity index (χ3v) is 4.44. The Morgan fingerprint density at radius 2 is 2.19 bits per heavy atom. The SMILES string of the molecule is O=C(Nc1cccc(Oc2ccccn2)c1)c1ccn(C2CCCNC2)n1. The minimum Gasteiger partial charge on any atom is -0.439 e. The number of hydrogen-bond donors (Lipinski definition) is 2. The molecule has 0 spiro atoms. The highest BCUT2D eigenvalue weighted by molar-refractivity contribution is 6.02. The molecule has 7 heteroatoms. The van der Waals surface area contributed by atoms with Crippen LogP contribution in [0.3, 0.4) is 0 Å². The fourth-order valence-corrected chi connectivity index (χ4v) is 3.08. The summed E-state index contributed by atoms with van der Waals surface area (Å²) in [7, 11) is 0. The van der Waals surface area contributed by atoms with Crippen molar-refractivity contribution in [2.45, 2.75) is 18.9 Å². The van der Waals surface area contributed by atoms with Crippen LogP contribution in [0.15, 0.2) is 60.9 Å². The fraction of sp³-hybridized carbons (Fsp3) is 0.250. The van der Waals surface area contributed by atoms with E-state index in [1.54, 1.807) is 24.4 Å². The van der Waals surface area contributed by atoms with Gasteiger partial charge in [-0.25, -0.2) is 4.98 Å². The third-order valence-electron chi connectivity index (χ3n) is 4.44. The molecular formula is C20H21N5O2. The van der Waals surface area contributed by atoms with Crippen LogP contribution in [0.5, 0.6) is 11.6 Å². The second-order valence-electron chi connectivity index (χ2n) is 6.43. The summed E-state index contributed by atoms with van der Waals surface area (Å²) >= 11 is 0. The number of pyridine rings is 1. The normalized spacial score (nSPS) is 16.7. The molecule has 7 nitrogen and oxygen atoms in total. The van der Waals surface area contributed by atoms with Gasteiger partial charge in [-0.1, -0.05) is 12.1 Å². The van der Waals surface area contributed by atoms with Crippen molar-refractivity contribution in [3.63, 3.8) is 0 Å². The number of benzene rings is 1. The first-order valence-electron chi connectivity index (χ1n) is 9.04. The standard InChI is InChI=1S/C20H21N5O2/c26-20(18-9-12-25(24-18)16-6-4-10-21-14-16)23-15-5-3-7-17(13-15)27-19-8-1-2-11-22-19/h1-3,5,7-9,11-13,16,21H,4,6,10,14H2,(H,23,26). The number of ether oxygens (including phenoxy) is 1. The van der Waals surface area contributed by atoms with E-state index in [0.717, 1.165) is 25.9 Å². The Hall–Kier alpha value is -3.19. The molecule has 1 aromatic carbocycles. The van der Waals surface area contributed by atoms with Crippen LogP contribution >= 0.6 is 0 Å².